The zero-order chi connectivity index (χ0) is 33.3. The summed E-state index contributed by atoms with van der Waals surface area (Å²) in [4.78, 5) is 18.0. The molecule has 2 fully saturated rings. The van der Waals surface area contributed by atoms with Gasteiger partial charge in [-0.1, -0.05) is 31.0 Å². The number of nitrogens with one attached hydrogen (secondary N) is 1. The van der Waals surface area contributed by atoms with E-state index < -0.39 is 26.8 Å². The Morgan fingerprint density at radius 3 is 2.57 bits per heavy atom. The standard InChI is InChI=1S/C36H50ClN3O6S/c1-24-6-5-15-36(43,23-39-17-14-31(41)21-39)32-12-9-28(32)20-40-16-4-3-7-26-18-30(37)11-8-29(26)22-46-34-13-10-27(19-33(34)40)35(42)38-47(44,45)25(24)2/h8,10-11,13,18-19,24-25,28,31-32,41,43H,3-7,9,12,14-17,20-23H2,1-2H3,(H,38,42)/t24-,25+,28-,31+,32-,36-/m0/s1. The minimum absolute atomic E-state index is 0.0741. The van der Waals surface area contributed by atoms with Gasteiger partial charge in [0.05, 0.1) is 22.6 Å². The number of amides is 1. The van der Waals surface area contributed by atoms with Crippen LogP contribution in [0.15, 0.2) is 36.4 Å². The molecule has 4 aliphatic rings. The molecule has 0 spiro atoms. The zero-order valence-electron chi connectivity index (χ0n) is 27.7. The van der Waals surface area contributed by atoms with Gasteiger partial charge in [-0.15, -0.1) is 0 Å². The first kappa shape index (κ1) is 34.5. The minimum atomic E-state index is -3.95. The lowest BCUT2D eigenvalue weighted by molar-refractivity contribution is -0.104. The maximum absolute atomic E-state index is 13.5. The van der Waals surface area contributed by atoms with Crippen LogP contribution < -0.4 is 14.4 Å². The summed E-state index contributed by atoms with van der Waals surface area (Å²) in [5.74, 6) is 0.0929. The third-order valence-corrected chi connectivity index (χ3v) is 13.5. The maximum atomic E-state index is 13.5. The molecule has 0 unspecified atom stereocenters. The van der Waals surface area contributed by atoms with Gasteiger partial charge in [0, 0.05) is 43.3 Å². The SMILES string of the molecule is C[C@@H]1[C@@H](C)CCC[C@](O)(CN2CC[C@@H](O)C2)[C@H]2CC[C@H]2CN2CCCCc3cc(Cl)ccc3COc3ccc(cc32)C(=O)NS1(=O)=O. The smallest absolute Gasteiger partial charge is 0.264 e. The molecule has 47 heavy (non-hydrogen) atoms. The molecule has 2 bridgehead atoms. The van der Waals surface area contributed by atoms with Crippen molar-refractivity contribution in [3.05, 3.63) is 58.1 Å². The molecule has 1 amide bonds. The number of nitrogens with zero attached hydrogens (tertiary/aromatic N) is 2. The van der Waals surface area contributed by atoms with Gasteiger partial charge in [-0.3, -0.25) is 9.69 Å². The predicted octanol–water partition coefficient (Wildman–Crippen LogP) is 5.15. The van der Waals surface area contributed by atoms with Gasteiger partial charge >= 0.3 is 0 Å². The predicted molar refractivity (Wildman–Crippen MR) is 184 cm³/mol. The highest BCUT2D eigenvalue weighted by Crippen LogP contribution is 2.46. The molecule has 258 valence electrons. The summed E-state index contributed by atoms with van der Waals surface area (Å²) in [6.07, 6.45) is 6.85. The van der Waals surface area contributed by atoms with Crippen molar-refractivity contribution in [3.8, 4) is 5.75 Å². The van der Waals surface area contributed by atoms with Gasteiger partial charge < -0.3 is 19.8 Å². The van der Waals surface area contributed by atoms with Gasteiger partial charge in [-0.25, -0.2) is 13.1 Å². The van der Waals surface area contributed by atoms with Crippen molar-refractivity contribution < 1.29 is 28.2 Å². The number of rotatable bonds is 2. The number of hydrogen-bond donors (Lipinski definition) is 3. The highest BCUT2D eigenvalue weighted by molar-refractivity contribution is 7.90. The van der Waals surface area contributed by atoms with E-state index in [1.807, 2.05) is 25.1 Å². The average molecular weight is 688 g/mol. The quantitative estimate of drug-likeness (QED) is 0.397. The van der Waals surface area contributed by atoms with Gasteiger partial charge in [0.15, 0.2) is 0 Å². The lowest BCUT2D eigenvalue weighted by Gasteiger charge is -2.50. The Kier molecular flexibility index (Phi) is 10.4. The molecule has 11 heteroatoms. The lowest BCUT2D eigenvalue weighted by Crippen LogP contribution is -2.56. The Labute approximate surface area is 284 Å². The van der Waals surface area contributed by atoms with Crippen molar-refractivity contribution in [2.45, 2.75) is 95.2 Å². The zero-order valence-corrected chi connectivity index (χ0v) is 29.2. The van der Waals surface area contributed by atoms with E-state index in [9.17, 15) is 23.4 Å². The molecule has 3 aliphatic heterocycles. The number of aliphatic hydroxyl groups excluding tert-OH is 1. The van der Waals surface area contributed by atoms with Crippen LogP contribution in [0.2, 0.25) is 5.02 Å². The van der Waals surface area contributed by atoms with Crippen LogP contribution in [-0.2, 0) is 23.1 Å². The summed E-state index contributed by atoms with van der Waals surface area (Å²) in [6.45, 7) is 7.16. The first-order valence-corrected chi connectivity index (χ1v) is 19.3. The fourth-order valence-electron chi connectivity index (χ4n) is 8.13. The number of aryl methyl sites for hydroxylation is 1. The normalized spacial score (nSPS) is 32.1. The molecule has 2 aromatic carbocycles. The first-order chi connectivity index (χ1) is 22.4. The Balaban J connectivity index is 1.37. The molecule has 9 nitrogen and oxygen atoms in total. The van der Waals surface area contributed by atoms with Crippen molar-refractivity contribution in [1.29, 1.82) is 0 Å². The number of benzene rings is 2. The number of fused-ring (bicyclic) bond motifs is 3. The second kappa shape index (κ2) is 14.2. The number of carbonyl (C=O) groups is 1. The lowest BCUT2D eigenvalue weighted by atomic mass is 9.62. The van der Waals surface area contributed by atoms with Crippen LogP contribution in [-0.4, -0.2) is 79.1 Å². The molecule has 1 saturated carbocycles. The Bertz CT molecular complexity index is 1560. The summed E-state index contributed by atoms with van der Waals surface area (Å²) in [6, 6.07) is 11.1. The van der Waals surface area contributed by atoms with E-state index in [2.05, 4.69) is 14.5 Å². The van der Waals surface area contributed by atoms with Gasteiger partial charge in [0.25, 0.3) is 5.91 Å². The molecule has 6 rings (SSSR count). The van der Waals surface area contributed by atoms with Gasteiger partial charge in [0.1, 0.15) is 12.4 Å². The molecule has 0 radical (unpaired) electrons. The minimum Gasteiger partial charge on any atom is -0.487 e. The highest BCUT2D eigenvalue weighted by atomic mass is 35.5. The Morgan fingerprint density at radius 2 is 1.83 bits per heavy atom. The fraction of sp³-hybridized carbons (Fsp3) is 0.639. The third-order valence-electron chi connectivity index (χ3n) is 11.3. The third kappa shape index (κ3) is 7.77. The Morgan fingerprint density at radius 1 is 1.00 bits per heavy atom. The number of β-amino-alcohol motifs (C(OH)–C–C–N with tert-alkyl or cyclic N) is 2. The molecule has 6 atom stereocenters. The summed E-state index contributed by atoms with van der Waals surface area (Å²) in [5.41, 5.74) is 2.31. The number of likely N-dealkylation sites (tertiary alicyclic amines) is 1. The van der Waals surface area contributed by atoms with Crippen LogP contribution in [0.1, 0.15) is 86.7 Å². The van der Waals surface area contributed by atoms with Gasteiger partial charge in [0.2, 0.25) is 10.0 Å². The molecule has 3 N–H and O–H groups in total. The van der Waals surface area contributed by atoms with Crippen LogP contribution in [0.3, 0.4) is 0 Å². The monoisotopic (exact) mass is 687 g/mol. The van der Waals surface area contributed by atoms with Gasteiger partial charge in [-0.2, -0.15) is 0 Å². The van der Waals surface area contributed by atoms with E-state index in [1.165, 1.54) is 5.56 Å². The van der Waals surface area contributed by atoms with E-state index >= 15 is 0 Å². The number of ether oxygens (including phenoxy) is 1. The van der Waals surface area contributed by atoms with E-state index in [1.54, 1.807) is 25.1 Å². The largest absolute Gasteiger partial charge is 0.487 e. The van der Waals surface area contributed by atoms with Crippen molar-refractivity contribution >= 4 is 33.2 Å². The van der Waals surface area contributed by atoms with Crippen molar-refractivity contribution in [1.82, 2.24) is 9.62 Å². The van der Waals surface area contributed by atoms with E-state index in [-0.39, 0.29) is 29.4 Å². The van der Waals surface area contributed by atoms with Crippen LogP contribution in [0.4, 0.5) is 5.69 Å². The number of halogens is 1. The fourth-order valence-corrected chi connectivity index (χ4v) is 9.64. The van der Waals surface area contributed by atoms with E-state index in [0.29, 0.717) is 62.7 Å². The topological polar surface area (TPSA) is 119 Å². The maximum Gasteiger partial charge on any atom is 0.264 e. The molecule has 2 aromatic rings. The molecular formula is C36H50ClN3O6S. The summed E-state index contributed by atoms with van der Waals surface area (Å²) in [7, 11) is -3.95. The van der Waals surface area contributed by atoms with Crippen LogP contribution >= 0.6 is 11.6 Å². The highest BCUT2D eigenvalue weighted by Gasteiger charge is 2.48. The average Bonchev–Trinajstić information content (AvgIpc) is 3.40. The van der Waals surface area contributed by atoms with E-state index in [4.69, 9.17) is 16.3 Å². The van der Waals surface area contributed by atoms with Crippen LogP contribution in [0.5, 0.6) is 5.75 Å². The van der Waals surface area contributed by atoms with Crippen molar-refractivity contribution in [2.75, 3.05) is 37.6 Å². The number of carbonyl (C=O) groups excluding carboxylic acids is 1. The second-order valence-electron chi connectivity index (χ2n) is 14.6. The summed E-state index contributed by atoms with van der Waals surface area (Å²) >= 11 is 6.35. The van der Waals surface area contributed by atoms with Crippen molar-refractivity contribution in [3.63, 3.8) is 0 Å². The van der Waals surface area contributed by atoms with Crippen molar-refractivity contribution in [2.24, 2.45) is 17.8 Å². The molecule has 1 aliphatic carbocycles. The molecule has 3 heterocycles. The van der Waals surface area contributed by atoms with Gasteiger partial charge in [-0.05, 0) is 118 Å². The summed E-state index contributed by atoms with van der Waals surface area (Å²) in [5, 5.41) is 22.6. The molecular weight excluding hydrogens is 638 g/mol. The second-order valence-corrected chi connectivity index (χ2v) is 17.0. The van der Waals surface area contributed by atoms with E-state index in [0.717, 1.165) is 56.4 Å². The molecule has 0 aromatic heterocycles. The van der Waals surface area contributed by atoms with Crippen LogP contribution in [0.25, 0.3) is 0 Å². The number of aliphatic hydroxyl groups is 2. The first-order valence-electron chi connectivity index (χ1n) is 17.4. The number of anilines is 1. The number of hydrogen-bond acceptors (Lipinski definition) is 8. The summed E-state index contributed by atoms with van der Waals surface area (Å²) < 4.78 is 35.6. The Hall–Kier alpha value is -2.37. The molecule has 1 saturated heterocycles. The van der Waals surface area contributed by atoms with Crippen LogP contribution in [0, 0.1) is 17.8 Å². The number of sulfonamides is 1.